The molecule has 0 bridgehead atoms. The Morgan fingerprint density at radius 1 is 1.15 bits per heavy atom. The molecule has 0 atom stereocenters. The van der Waals surface area contributed by atoms with Gasteiger partial charge in [-0.2, -0.15) is 0 Å². The molecule has 2 aromatic rings. The van der Waals surface area contributed by atoms with Gasteiger partial charge in [0.2, 0.25) is 0 Å². The lowest BCUT2D eigenvalue weighted by Gasteiger charge is -2.13. The molecule has 2 N–H and O–H groups in total. The fourth-order valence-corrected chi connectivity index (χ4v) is 2.28. The van der Waals surface area contributed by atoms with Crippen molar-refractivity contribution in [1.29, 1.82) is 0 Å². The van der Waals surface area contributed by atoms with Gasteiger partial charge >= 0.3 is 0 Å². The maximum atomic E-state index is 4.59. The predicted octanol–water partition coefficient (Wildman–Crippen LogP) is 4.38. The summed E-state index contributed by atoms with van der Waals surface area (Å²) in [5.41, 5.74) is 1.06. The molecule has 5 heteroatoms. The maximum Gasteiger partial charge on any atom is 0.136 e. The van der Waals surface area contributed by atoms with Crippen molar-refractivity contribution < 1.29 is 0 Å². The Hall–Kier alpha value is -1.37. The number of anilines is 3. The smallest absolute Gasteiger partial charge is 0.136 e. The van der Waals surface area contributed by atoms with Crippen molar-refractivity contribution in [3.8, 4) is 0 Å². The van der Waals surface area contributed by atoms with E-state index in [4.69, 9.17) is 0 Å². The number of rotatable bonds is 5. The highest BCUT2D eigenvalue weighted by atomic mass is 127. The van der Waals surface area contributed by atoms with Gasteiger partial charge in [-0.25, -0.2) is 9.97 Å². The van der Waals surface area contributed by atoms with Crippen molar-refractivity contribution in [1.82, 2.24) is 9.97 Å². The Morgan fingerprint density at radius 2 is 1.85 bits per heavy atom. The summed E-state index contributed by atoms with van der Waals surface area (Å²) in [6.45, 7) is 7.10. The van der Waals surface area contributed by atoms with Gasteiger partial charge in [-0.3, -0.25) is 0 Å². The average molecular weight is 382 g/mol. The summed E-state index contributed by atoms with van der Waals surface area (Å²) in [7, 11) is 0. The van der Waals surface area contributed by atoms with E-state index < -0.39 is 0 Å². The minimum Gasteiger partial charge on any atom is -0.370 e. The van der Waals surface area contributed by atoms with Crippen LogP contribution in [0, 0.1) is 3.57 Å². The van der Waals surface area contributed by atoms with E-state index >= 15 is 0 Å². The summed E-state index contributed by atoms with van der Waals surface area (Å²) < 4.78 is 1.17. The van der Waals surface area contributed by atoms with E-state index in [1.165, 1.54) is 3.57 Å². The molecule has 0 radical (unpaired) electrons. The SMILES string of the molecule is CCNc1cc(Nc2ccccc2I)nc(C(C)C)n1. The Morgan fingerprint density at radius 3 is 2.50 bits per heavy atom. The fourth-order valence-electron chi connectivity index (χ4n) is 1.76. The van der Waals surface area contributed by atoms with Gasteiger partial charge in [0.1, 0.15) is 17.5 Å². The molecule has 0 amide bonds. The minimum absolute atomic E-state index is 0.295. The molecule has 1 aromatic heterocycles. The van der Waals surface area contributed by atoms with Gasteiger partial charge < -0.3 is 10.6 Å². The van der Waals surface area contributed by atoms with Crippen LogP contribution in [0.1, 0.15) is 32.5 Å². The van der Waals surface area contributed by atoms with Crippen molar-refractivity contribution in [2.24, 2.45) is 0 Å². The van der Waals surface area contributed by atoms with E-state index in [1.807, 2.05) is 24.3 Å². The van der Waals surface area contributed by atoms with Gasteiger partial charge in [-0.15, -0.1) is 0 Å². The number of benzene rings is 1. The zero-order valence-electron chi connectivity index (χ0n) is 11.9. The maximum absolute atomic E-state index is 4.59. The molecule has 4 nitrogen and oxygen atoms in total. The largest absolute Gasteiger partial charge is 0.370 e. The molecule has 106 valence electrons. The Balaban J connectivity index is 2.33. The van der Waals surface area contributed by atoms with Crippen molar-refractivity contribution >= 4 is 39.9 Å². The third kappa shape index (κ3) is 3.82. The standard InChI is InChI=1S/C15H19IN4/c1-4-17-13-9-14(20-15(19-13)10(2)3)18-12-8-6-5-7-11(12)16/h5-10H,4H2,1-3H3,(H2,17,18,19,20). The third-order valence-electron chi connectivity index (χ3n) is 2.75. The highest BCUT2D eigenvalue weighted by Crippen LogP contribution is 2.23. The van der Waals surface area contributed by atoms with Crippen LogP contribution in [0.25, 0.3) is 0 Å². The molecule has 0 aliphatic heterocycles. The number of halogens is 1. The summed E-state index contributed by atoms with van der Waals surface area (Å²) in [5.74, 6) is 2.82. The number of para-hydroxylation sites is 1. The second-order valence-electron chi connectivity index (χ2n) is 4.79. The van der Waals surface area contributed by atoms with Gasteiger partial charge in [0.25, 0.3) is 0 Å². The molecule has 20 heavy (non-hydrogen) atoms. The highest BCUT2D eigenvalue weighted by Gasteiger charge is 2.08. The second kappa shape index (κ2) is 6.88. The van der Waals surface area contributed by atoms with Gasteiger partial charge in [-0.1, -0.05) is 26.0 Å². The lowest BCUT2D eigenvalue weighted by Crippen LogP contribution is -2.07. The lowest BCUT2D eigenvalue weighted by molar-refractivity contribution is 0.777. The molecule has 0 saturated carbocycles. The van der Waals surface area contributed by atoms with Crippen LogP contribution in [-0.2, 0) is 0 Å². The van der Waals surface area contributed by atoms with E-state index in [-0.39, 0.29) is 0 Å². The highest BCUT2D eigenvalue weighted by molar-refractivity contribution is 14.1. The van der Waals surface area contributed by atoms with Gasteiger partial charge in [0.15, 0.2) is 0 Å². The number of nitrogens with zero attached hydrogens (tertiary/aromatic N) is 2. The number of hydrogen-bond acceptors (Lipinski definition) is 4. The zero-order chi connectivity index (χ0) is 14.5. The van der Waals surface area contributed by atoms with E-state index in [0.717, 1.165) is 29.7 Å². The van der Waals surface area contributed by atoms with Crippen LogP contribution in [-0.4, -0.2) is 16.5 Å². The number of nitrogens with one attached hydrogen (secondary N) is 2. The average Bonchev–Trinajstić information content (AvgIpc) is 2.41. The predicted molar refractivity (Wildman–Crippen MR) is 92.7 cm³/mol. The summed E-state index contributed by atoms with van der Waals surface area (Å²) in [6, 6.07) is 10.1. The van der Waals surface area contributed by atoms with Crippen LogP contribution < -0.4 is 10.6 Å². The first kappa shape index (κ1) is 15.0. The Bertz CT molecular complexity index is 584. The molecule has 0 unspecified atom stereocenters. The molecule has 0 aliphatic carbocycles. The topological polar surface area (TPSA) is 49.8 Å². The van der Waals surface area contributed by atoms with Crippen molar-refractivity contribution in [2.45, 2.75) is 26.7 Å². The van der Waals surface area contributed by atoms with Crippen LogP contribution in [0.4, 0.5) is 17.3 Å². The first-order chi connectivity index (χ1) is 9.60. The first-order valence-electron chi connectivity index (χ1n) is 6.74. The summed E-state index contributed by atoms with van der Waals surface area (Å²) in [6.07, 6.45) is 0. The molecule has 1 aromatic carbocycles. The molecule has 2 rings (SSSR count). The van der Waals surface area contributed by atoms with E-state index in [2.05, 4.69) is 70.0 Å². The second-order valence-corrected chi connectivity index (χ2v) is 5.95. The van der Waals surface area contributed by atoms with Crippen molar-refractivity contribution in [3.05, 3.63) is 39.7 Å². The van der Waals surface area contributed by atoms with Gasteiger partial charge in [0, 0.05) is 22.1 Å². The summed E-state index contributed by atoms with van der Waals surface area (Å²) >= 11 is 2.31. The number of hydrogen-bond donors (Lipinski definition) is 2. The molecule has 0 spiro atoms. The molecular formula is C15H19IN4. The quantitative estimate of drug-likeness (QED) is 0.754. The zero-order valence-corrected chi connectivity index (χ0v) is 14.1. The summed E-state index contributed by atoms with van der Waals surface area (Å²) in [5, 5.41) is 6.62. The lowest BCUT2D eigenvalue weighted by atomic mass is 10.2. The van der Waals surface area contributed by atoms with Crippen molar-refractivity contribution in [2.75, 3.05) is 17.2 Å². The molecule has 0 aliphatic rings. The molecule has 1 heterocycles. The molecule has 0 fully saturated rings. The summed E-state index contributed by atoms with van der Waals surface area (Å²) in [4.78, 5) is 9.11. The van der Waals surface area contributed by atoms with Crippen LogP contribution in [0.2, 0.25) is 0 Å². The Kier molecular flexibility index (Phi) is 5.17. The van der Waals surface area contributed by atoms with E-state index in [1.54, 1.807) is 0 Å². The molecule has 0 saturated heterocycles. The minimum atomic E-state index is 0.295. The van der Waals surface area contributed by atoms with Crippen LogP contribution >= 0.6 is 22.6 Å². The van der Waals surface area contributed by atoms with Crippen LogP contribution in [0.5, 0.6) is 0 Å². The normalized spacial score (nSPS) is 10.7. The van der Waals surface area contributed by atoms with Gasteiger partial charge in [0.05, 0.1) is 5.69 Å². The third-order valence-corrected chi connectivity index (χ3v) is 3.70. The van der Waals surface area contributed by atoms with E-state index in [0.29, 0.717) is 5.92 Å². The monoisotopic (exact) mass is 382 g/mol. The van der Waals surface area contributed by atoms with E-state index in [9.17, 15) is 0 Å². The van der Waals surface area contributed by atoms with Crippen molar-refractivity contribution in [3.63, 3.8) is 0 Å². The molecular weight excluding hydrogens is 363 g/mol. The fraction of sp³-hybridized carbons (Fsp3) is 0.333. The van der Waals surface area contributed by atoms with Crippen LogP contribution in [0.3, 0.4) is 0 Å². The number of aromatic nitrogens is 2. The van der Waals surface area contributed by atoms with Gasteiger partial charge in [-0.05, 0) is 41.6 Å². The first-order valence-corrected chi connectivity index (χ1v) is 7.82. The van der Waals surface area contributed by atoms with Crippen LogP contribution in [0.15, 0.2) is 30.3 Å². The Labute approximate surface area is 133 Å².